The highest BCUT2D eigenvalue weighted by atomic mass is 16.3. The standard InChI is InChI=1S/C19H21N3O5/c23-11-14(7-12-5-6-20-9-15(12)24)22-18(25)10-21-19(26)17-8-13-3-1-2-4-16(13)27-17/h1-4,8,11-12,14,20H,5-7,9-10H2,(H,21,26)(H,22,25). The molecular weight excluding hydrogens is 350 g/mol. The minimum absolute atomic E-state index is 0.0422. The van der Waals surface area contributed by atoms with Crippen LogP contribution in [0.5, 0.6) is 0 Å². The third kappa shape index (κ3) is 4.79. The molecule has 8 heteroatoms. The lowest BCUT2D eigenvalue weighted by Crippen LogP contribution is -2.45. The second-order valence-electron chi connectivity index (χ2n) is 6.51. The highest BCUT2D eigenvalue weighted by Crippen LogP contribution is 2.18. The maximum absolute atomic E-state index is 12.1. The van der Waals surface area contributed by atoms with Gasteiger partial charge in [-0.3, -0.25) is 14.4 Å². The Morgan fingerprint density at radius 3 is 2.89 bits per heavy atom. The Hall–Kier alpha value is -3.00. The van der Waals surface area contributed by atoms with Crippen molar-refractivity contribution in [1.82, 2.24) is 16.0 Å². The Bertz CT molecular complexity index is 827. The van der Waals surface area contributed by atoms with Crippen molar-refractivity contribution in [2.75, 3.05) is 19.6 Å². The first-order chi connectivity index (χ1) is 13.1. The molecule has 2 amide bonds. The molecule has 2 atom stereocenters. The fraction of sp³-hybridized carbons (Fsp3) is 0.368. The SMILES string of the molecule is O=CC(CC1CCNCC1=O)NC(=O)CNC(=O)c1cc2ccccc2o1. The van der Waals surface area contributed by atoms with E-state index in [0.29, 0.717) is 24.8 Å². The van der Waals surface area contributed by atoms with Gasteiger partial charge in [0.25, 0.3) is 5.91 Å². The molecule has 8 nitrogen and oxygen atoms in total. The number of furan rings is 1. The first-order valence-electron chi connectivity index (χ1n) is 8.81. The maximum atomic E-state index is 12.1. The number of carbonyl (C=O) groups excluding carboxylic acids is 4. The van der Waals surface area contributed by atoms with Gasteiger partial charge in [-0.2, -0.15) is 0 Å². The fourth-order valence-electron chi connectivity index (χ4n) is 3.10. The van der Waals surface area contributed by atoms with Crippen LogP contribution in [-0.2, 0) is 14.4 Å². The zero-order valence-electron chi connectivity index (χ0n) is 14.7. The third-order valence-corrected chi connectivity index (χ3v) is 4.53. The molecule has 2 unspecified atom stereocenters. The molecule has 1 aliphatic heterocycles. The second-order valence-corrected chi connectivity index (χ2v) is 6.51. The van der Waals surface area contributed by atoms with E-state index >= 15 is 0 Å². The fourth-order valence-corrected chi connectivity index (χ4v) is 3.10. The topological polar surface area (TPSA) is 118 Å². The van der Waals surface area contributed by atoms with Gasteiger partial charge in [0, 0.05) is 11.3 Å². The van der Waals surface area contributed by atoms with E-state index in [1.165, 1.54) is 0 Å². The minimum Gasteiger partial charge on any atom is -0.451 e. The Kier molecular flexibility index (Phi) is 5.97. The highest BCUT2D eigenvalue weighted by Gasteiger charge is 2.26. The summed E-state index contributed by atoms with van der Waals surface area (Å²) < 4.78 is 5.43. The van der Waals surface area contributed by atoms with Gasteiger partial charge in [-0.1, -0.05) is 18.2 Å². The van der Waals surface area contributed by atoms with Gasteiger partial charge in [-0.15, -0.1) is 0 Å². The van der Waals surface area contributed by atoms with E-state index in [1.54, 1.807) is 18.2 Å². The van der Waals surface area contributed by atoms with Crippen LogP contribution in [0.1, 0.15) is 23.4 Å². The lowest BCUT2D eigenvalue weighted by molar-refractivity contribution is -0.126. The molecule has 142 valence electrons. The molecule has 2 aromatic rings. The predicted molar refractivity (Wildman–Crippen MR) is 97.1 cm³/mol. The van der Waals surface area contributed by atoms with Gasteiger partial charge in [-0.25, -0.2) is 0 Å². The number of ketones is 1. The molecule has 1 saturated heterocycles. The van der Waals surface area contributed by atoms with Crippen molar-refractivity contribution in [2.24, 2.45) is 5.92 Å². The first kappa shape index (κ1) is 18.8. The number of nitrogens with one attached hydrogen (secondary N) is 3. The molecule has 27 heavy (non-hydrogen) atoms. The molecule has 2 heterocycles. The molecule has 0 bridgehead atoms. The number of amides is 2. The summed E-state index contributed by atoms with van der Waals surface area (Å²) in [5.74, 6) is -1.11. The Morgan fingerprint density at radius 1 is 1.33 bits per heavy atom. The van der Waals surface area contributed by atoms with Crippen molar-refractivity contribution in [3.05, 3.63) is 36.1 Å². The van der Waals surface area contributed by atoms with Gasteiger partial charge in [0.15, 0.2) is 5.76 Å². The van der Waals surface area contributed by atoms with E-state index in [4.69, 9.17) is 4.42 Å². The van der Waals surface area contributed by atoms with Crippen LogP contribution in [0.15, 0.2) is 34.7 Å². The predicted octanol–water partition coefficient (Wildman–Crippen LogP) is 0.415. The largest absolute Gasteiger partial charge is 0.451 e. The van der Waals surface area contributed by atoms with Crippen molar-refractivity contribution in [3.8, 4) is 0 Å². The molecule has 1 aromatic carbocycles. The molecular formula is C19H21N3O5. The number of benzene rings is 1. The molecule has 0 spiro atoms. The van der Waals surface area contributed by atoms with E-state index in [-0.39, 0.29) is 37.0 Å². The van der Waals surface area contributed by atoms with Crippen LogP contribution in [0.4, 0.5) is 0 Å². The lowest BCUT2D eigenvalue weighted by Gasteiger charge is -2.24. The summed E-state index contributed by atoms with van der Waals surface area (Å²) in [4.78, 5) is 47.2. The van der Waals surface area contributed by atoms with Crippen LogP contribution in [0, 0.1) is 5.92 Å². The number of carbonyl (C=O) groups is 4. The maximum Gasteiger partial charge on any atom is 0.287 e. The first-order valence-corrected chi connectivity index (χ1v) is 8.81. The van der Waals surface area contributed by atoms with Crippen molar-refractivity contribution in [3.63, 3.8) is 0 Å². The van der Waals surface area contributed by atoms with Crippen molar-refractivity contribution in [1.29, 1.82) is 0 Å². The summed E-state index contributed by atoms with van der Waals surface area (Å²) in [6, 6.07) is 8.04. The van der Waals surface area contributed by atoms with Crippen LogP contribution >= 0.6 is 0 Å². The average Bonchev–Trinajstić information content (AvgIpc) is 3.11. The van der Waals surface area contributed by atoms with Gasteiger partial charge in [0.05, 0.1) is 19.1 Å². The van der Waals surface area contributed by atoms with Crippen molar-refractivity contribution < 1.29 is 23.6 Å². The van der Waals surface area contributed by atoms with E-state index in [2.05, 4.69) is 16.0 Å². The molecule has 3 N–H and O–H groups in total. The summed E-state index contributed by atoms with van der Waals surface area (Å²) in [5, 5.41) is 8.77. The normalized spacial score (nSPS) is 18.1. The number of hydrogen-bond acceptors (Lipinski definition) is 6. The van der Waals surface area contributed by atoms with Crippen LogP contribution < -0.4 is 16.0 Å². The monoisotopic (exact) mass is 371 g/mol. The molecule has 0 radical (unpaired) electrons. The zero-order valence-corrected chi connectivity index (χ0v) is 14.7. The molecule has 0 saturated carbocycles. The number of para-hydroxylation sites is 1. The zero-order chi connectivity index (χ0) is 19.2. The van der Waals surface area contributed by atoms with E-state index in [0.717, 1.165) is 5.39 Å². The van der Waals surface area contributed by atoms with Crippen LogP contribution in [-0.4, -0.2) is 49.6 Å². The molecule has 1 aliphatic rings. The lowest BCUT2D eigenvalue weighted by atomic mass is 9.90. The highest BCUT2D eigenvalue weighted by molar-refractivity contribution is 5.98. The number of rotatable bonds is 7. The van der Waals surface area contributed by atoms with Gasteiger partial charge >= 0.3 is 0 Å². The summed E-state index contributed by atoms with van der Waals surface area (Å²) in [7, 11) is 0. The number of hydrogen-bond donors (Lipinski definition) is 3. The molecule has 1 fully saturated rings. The quantitative estimate of drug-likeness (QED) is 0.607. The number of piperidine rings is 1. The van der Waals surface area contributed by atoms with Gasteiger partial charge in [0.2, 0.25) is 5.91 Å². The molecule has 1 aromatic heterocycles. The summed E-state index contributed by atoms with van der Waals surface area (Å²) in [6.07, 6.45) is 1.53. The summed E-state index contributed by atoms with van der Waals surface area (Å²) in [6.45, 7) is 0.710. The summed E-state index contributed by atoms with van der Waals surface area (Å²) >= 11 is 0. The van der Waals surface area contributed by atoms with Gasteiger partial charge < -0.3 is 25.2 Å². The Morgan fingerprint density at radius 2 is 2.15 bits per heavy atom. The molecule has 3 rings (SSSR count). The van der Waals surface area contributed by atoms with E-state index in [1.807, 2.05) is 12.1 Å². The smallest absolute Gasteiger partial charge is 0.287 e. The van der Waals surface area contributed by atoms with Gasteiger partial charge in [0.1, 0.15) is 17.7 Å². The number of aldehydes is 1. The van der Waals surface area contributed by atoms with E-state index < -0.39 is 17.9 Å². The van der Waals surface area contributed by atoms with Crippen molar-refractivity contribution >= 4 is 34.9 Å². The molecule has 0 aliphatic carbocycles. The van der Waals surface area contributed by atoms with Crippen LogP contribution in [0.2, 0.25) is 0 Å². The second kappa shape index (κ2) is 8.59. The minimum atomic E-state index is -0.757. The van der Waals surface area contributed by atoms with Gasteiger partial charge in [-0.05, 0) is 31.5 Å². The van der Waals surface area contributed by atoms with E-state index in [9.17, 15) is 19.2 Å². The van der Waals surface area contributed by atoms with Crippen molar-refractivity contribution in [2.45, 2.75) is 18.9 Å². The Labute approximate surface area is 155 Å². The number of fused-ring (bicyclic) bond motifs is 1. The third-order valence-electron chi connectivity index (χ3n) is 4.53. The van der Waals surface area contributed by atoms with Crippen LogP contribution in [0.25, 0.3) is 11.0 Å². The summed E-state index contributed by atoms with van der Waals surface area (Å²) in [5.41, 5.74) is 0.583. The number of Topliss-reactive ketones (excluding diaryl/α,β-unsaturated/α-hetero) is 1. The van der Waals surface area contributed by atoms with Crippen LogP contribution in [0.3, 0.4) is 0 Å². The average molecular weight is 371 g/mol. The Balaban J connectivity index is 1.49.